The van der Waals surface area contributed by atoms with Gasteiger partial charge in [0.2, 0.25) is 0 Å². The Balaban J connectivity index is 2.52. The Morgan fingerprint density at radius 3 is 2.10 bits per heavy atom. The van der Waals surface area contributed by atoms with E-state index in [0.29, 0.717) is 11.4 Å². The molecule has 0 aliphatic rings. The molecule has 0 aliphatic carbocycles. The van der Waals surface area contributed by atoms with Crippen LogP contribution in [0, 0.1) is 0 Å². The zero-order chi connectivity index (χ0) is 14.5. The largest absolute Gasteiger partial charge is 0.480 e. The van der Waals surface area contributed by atoms with Gasteiger partial charge in [-0.3, -0.25) is 4.79 Å². The monoisotopic (exact) mass is 271 g/mol. The number of para-hydroxylation sites is 2. The normalized spacial score (nSPS) is 10.0. The summed E-state index contributed by atoms with van der Waals surface area (Å²) in [6.45, 7) is -0.311. The van der Waals surface area contributed by atoms with E-state index < -0.39 is 11.9 Å². The standard InChI is InChI=1S/C15H13NO4/c17-14(18)10-16(11-6-2-1-3-7-11)13-9-5-4-8-12(13)15(19)20/h1-9H,10H2,(H,17,18)(H,19,20). The van der Waals surface area contributed by atoms with Gasteiger partial charge < -0.3 is 15.1 Å². The number of aliphatic carboxylic acids is 1. The molecule has 0 aromatic heterocycles. The summed E-state index contributed by atoms with van der Waals surface area (Å²) < 4.78 is 0. The van der Waals surface area contributed by atoms with Crippen LogP contribution < -0.4 is 4.90 Å². The van der Waals surface area contributed by atoms with Crippen molar-refractivity contribution in [1.29, 1.82) is 0 Å². The van der Waals surface area contributed by atoms with Crippen molar-refractivity contribution in [1.82, 2.24) is 0 Å². The van der Waals surface area contributed by atoms with Gasteiger partial charge in [0.05, 0.1) is 11.3 Å². The van der Waals surface area contributed by atoms with Crippen molar-refractivity contribution in [2.45, 2.75) is 0 Å². The molecule has 102 valence electrons. The predicted molar refractivity (Wildman–Crippen MR) is 74.5 cm³/mol. The molecule has 2 aromatic rings. The van der Waals surface area contributed by atoms with Gasteiger partial charge in [-0.05, 0) is 24.3 Å². The van der Waals surface area contributed by atoms with E-state index in [0.717, 1.165) is 0 Å². The lowest BCUT2D eigenvalue weighted by Gasteiger charge is -2.24. The lowest BCUT2D eigenvalue weighted by Crippen LogP contribution is -2.26. The van der Waals surface area contributed by atoms with Gasteiger partial charge in [0.25, 0.3) is 0 Å². The van der Waals surface area contributed by atoms with Crippen LogP contribution in [0.5, 0.6) is 0 Å². The zero-order valence-electron chi connectivity index (χ0n) is 10.6. The fourth-order valence-electron chi connectivity index (χ4n) is 1.95. The number of hydrogen-bond acceptors (Lipinski definition) is 3. The van der Waals surface area contributed by atoms with Gasteiger partial charge in [-0.2, -0.15) is 0 Å². The summed E-state index contributed by atoms with van der Waals surface area (Å²) in [5.41, 5.74) is 1.05. The number of anilines is 2. The van der Waals surface area contributed by atoms with Crippen LogP contribution >= 0.6 is 0 Å². The number of carboxylic acid groups (broad SMARTS) is 2. The van der Waals surface area contributed by atoms with E-state index in [1.807, 2.05) is 6.07 Å². The third-order valence-corrected chi connectivity index (χ3v) is 2.79. The predicted octanol–water partition coefficient (Wildman–Crippen LogP) is 2.61. The summed E-state index contributed by atoms with van der Waals surface area (Å²) in [5, 5.41) is 18.3. The number of rotatable bonds is 5. The minimum Gasteiger partial charge on any atom is -0.480 e. The average Bonchev–Trinajstić information content (AvgIpc) is 2.45. The van der Waals surface area contributed by atoms with Crippen LogP contribution in [0.2, 0.25) is 0 Å². The van der Waals surface area contributed by atoms with Gasteiger partial charge in [-0.15, -0.1) is 0 Å². The van der Waals surface area contributed by atoms with Crippen molar-refractivity contribution >= 4 is 23.3 Å². The highest BCUT2D eigenvalue weighted by atomic mass is 16.4. The summed E-state index contributed by atoms with van der Waals surface area (Å²) in [4.78, 5) is 23.8. The second-order valence-corrected chi connectivity index (χ2v) is 4.14. The Hall–Kier alpha value is -2.82. The third kappa shape index (κ3) is 2.95. The van der Waals surface area contributed by atoms with Gasteiger partial charge >= 0.3 is 11.9 Å². The van der Waals surface area contributed by atoms with Crippen molar-refractivity contribution < 1.29 is 19.8 Å². The van der Waals surface area contributed by atoms with Gasteiger partial charge in [-0.25, -0.2) is 4.79 Å². The minimum absolute atomic E-state index is 0.0672. The molecule has 0 radical (unpaired) electrons. The third-order valence-electron chi connectivity index (χ3n) is 2.79. The van der Waals surface area contributed by atoms with Crippen LogP contribution in [0.15, 0.2) is 54.6 Å². The smallest absolute Gasteiger partial charge is 0.337 e. The molecule has 0 saturated heterocycles. The molecule has 0 aliphatic heterocycles. The number of benzene rings is 2. The van der Waals surface area contributed by atoms with E-state index in [2.05, 4.69) is 0 Å². The number of aromatic carboxylic acids is 1. The topological polar surface area (TPSA) is 77.8 Å². The quantitative estimate of drug-likeness (QED) is 0.874. The fraction of sp³-hybridized carbons (Fsp3) is 0.0667. The van der Waals surface area contributed by atoms with Crippen LogP contribution in [0.3, 0.4) is 0 Å². The van der Waals surface area contributed by atoms with E-state index >= 15 is 0 Å². The maximum atomic E-state index is 11.3. The zero-order valence-corrected chi connectivity index (χ0v) is 10.6. The Bertz CT molecular complexity index is 625. The van der Waals surface area contributed by atoms with E-state index in [1.54, 1.807) is 42.5 Å². The van der Waals surface area contributed by atoms with Crippen molar-refractivity contribution in [3.8, 4) is 0 Å². The Morgan fingerprint density at radius 1 is 0.900 bits per heavy atom. The molecule has 20 heavy (non-hydrogen) atoms. The van der Waals surface area contributed by atoms with E-state index in [4.69, 9.17) is 5.11 Å². The highest BCUT2D eigenvalue weighted by molar-refractivity contribution is 5.96. The molecule has 5 heteroatoms. The van der Waals surface area contributed by atoms with Crippen LogP contribution in [0.1, 0.15) is 10.4 Å². The molecule has 0 unspecified atom stereocenters. The Kier molecular flexibility index (Phi) is 4.00. The Labute approximate surface area is 115 Å². The molecule has 0 atom stereocenters. The highest BCUT2D eigenvalue weighted by Crippen LogP contribution is 2.28. The Morgan fingerprint density at radius 2 is 1.50 bits per heavy atom. The molecule has 0 saturated carbocycles. The molecule has 2 rings (SSSR count). The maximum Gasteiger partial charge on any atom is 0.337 e. The second-order valence-electron chi connectivity index (χ2n) is 4.14. The van der Waals surface area contributed by atoms with Crippen molar-refractivity contribution in [2.24, 2.45) is 0 Å². The maximum absolute atomic E-state index is 11.3. The number of carbonyl (C=O) groups is 2. The number of nitrogens with zero attached hydrogens (tertiary/aromatic N) is 1. The van der Waals surface area contributed by atoms with Gasteiger partial charge in [0.1, 0.15) is 6.54 Å². The first kappa shape index (κ1) is 13.6. The lowest BCUT2D eigenvalue weighted by molar-refractivity contribution is -0.135. The molecule has 0 spiro atoms. The average molecular weight is 271 g/mol. The van der Waals surface area contributed by atoms with Crippen LogP contribution in [0.4, 0.5) is 11.4 Å². The summed E-state index contributed by atoms with van der Waals surface area (Å²) in [6, 6.07) is 15.2. The van der Waals surface area contributed by atoms with E-state index in [9.17, 15) is 14.7 Å². The van der Waals surface area contributed by atoms with E-state index in [1.165, 1.54) is 11.0 Å². The fourth-order valence-corrected chi connectivity index (χ4v) is 1.95. The molecule has 0 amide bonds. The molecular weight excluding hydrogens is 258 g/mol. The van der Waals surface area contributed by atoms with Crippen molar-refractivity contribution in [3.63, 3.8) is 0 Å². The molecule has 0 bridgehead atoms. The number of hydrogen-bond donors (Lipinski definition) is 2. The second kappa shape index (κ2) is 5.88. The highest BCUT2D eigenvalue weighted by Gasteiger charge is 2.19. The SMILES string of the molecule is O=C(O)CN(c1ccccc1)c1ccccc1C(=O)O. The number of carboxylic acids is 2. The molecular formula is C15H13NO4. The van der Waals surface area contributed by atoms with Crippen molar-refractivity contribution in [2.75, 3.05) is 11.4 Å². The van der Waals surface area contributed by atoms with Gasteiger partial charge in [0, 0.05) is 5.69 Å². The molecule has 2 N–H and O–H groups in total. The molecule has 0 fully saturated rings. The summed E-state index contributed by atoms with van der Waals surface area (Å²) in [7, 11) is 0. The minimum atomic E-state index is -1.09. The molecule has 5 nitrogen and oxygen atoms in total. The lowest BCUT2D eigenvalue weighted by atomic mass is 10.1. The summed E-state index contributed by atoms with van der Waals surface area (Å²) in [5.74, 6) is -2.12. The molecule has 0 heterocycles. The van der Waals surface area contributed by atoms with Crippen LogP contribution in [0.25, 0.3) is 0 Å². The first-order valence-electron chi connectivity index (χ1n) is 5.96. The van der Waals surface area contributed by atoms with Crippen LogP contribution in [-0.2, 0) is 4.79 Å². The first-order valence-corrected chi connectivity index (χ1v) is 5.96. The van der Waals surface area contributed by atoms with E-state index in [-0.39, 0.29) is 12.1 Å². The summed E-state index contributed by atoms with van der Waals surface area (Å²) in [6.07, 6.45) is 0. The van der Waals surface area contributed by atoms with Gasteiger partial charge in [-0.1, -0.05) is 30.3 Å². The summed E-state index contributed by atoms with van der Waals surface area (Å²) >= 11 is 0. The van der Waals surface area contributed by atoms with Gasteiger partial charge in [0.15, 0.2) is 0 Å². The molecule has 2 aromatic carbocycles. The van der Waals surface area contributed by atoms with Crippen LogP contribution in [-0.4, -0.2) is 28.7 Å². The van der Waals surface area contributed by atoms with Crippen molar-refractivity contribution in [3.05, 3.63) is 60.2 Å². The first-order chi connectivity index (χ1) is 9.59.